The Labute approximate surface area is 121 Å². The quantitative estimate of drug-likeness (QED) is 0.888. The molecule has 0 aliphatic carbocycles. The molecule has 0 bridgehead atoms. The molecule has 1 N–H and O–H groups in total. The average Bonchev–Trinajstić information content (AvgIpc) is 2.42. The fourth-order valence-electron chi connectivity index (χ4n) is 2.74. The lowest BCUT2D eigenvalue weighted by Gasteiger charge is -2.31. The molecule has 3 heteroatoms. The average molecular weight is 282 g/mol. The fourth-order valence-corrected chi connectivity index (χ4v) is 3.05. The molecule has 1 aromatic carbocycles. The first-order valence-corrected chi connectivity index (χ1v) is 7.68. The van der Waals surface area contributed by atoms with Crippen LogP contribution in [0.3, 0.4) is 0 Å². The summed E-state index contributed by atoms with van der Waals surface area (Å²) in [6.07, 6.45) is 4.89. The normalized spacial score (nSPS) is 21.3. The maximum Gasteiger partial charge on any atom is 0.0731 e. The van der Waals surface area contributed by atoms with Gasteiger partial charge in [-0.2, -0.15) is 0 Å². The van der Waals surface area contributed by atoms with Gasteiger partial charge in [0.05, 0.1) is 6.10 Å². The van der Waals surface area contributed by atoms with Crippen molar-refractivity contribution in [3.05, 3.63) is 34.3 Å². The molecule has 2 unspecified atom stereocenters. The molecular formula is C16H24ClNO. The lowest BCUT2D eigenvalue weighted by Crippen LogP contribution is -2.44. The molecule has 19 heavy (non-hydrogen) atoms. The third kappa shape index (κ3) is 4.20. The van der Waals surface area contributed by atoms with Crippen molar-refractivity contribution < 1.29 is 4.74 Å². The second kappa shape index (κ2) is 7.28. The van der Waals surface area contributed by atoms with Crippen molar-refractivity contribution in [2.45, 2.75) is 51.7 Å². The largest absolute Gasteiger partial charge is 0.377 e. The Bertz CT molecular complexity index is 402. The van der Waals surface area contributed by atoms with Crippen molar-refractivity contribution in [1.82, 2.24) is 5.32 Å². The Morgan fingerprint density at radius 3 is 2.89 bits per heavy atom. The molecule has 2 rings (SSSR count). The van der Waals surface area contributed by atoms with Crippen molar-refractivity contribution in [3.63, 3.8) is 0 Å². The molecule has 1 saturated heterocycles. The van der Waals surface area contributed by atoms with Gasteiger partial charge >= 0.3 is 0 Å². The van der Waals surface area contributed by atoms with Crippen LogP contribution in [0.2, 0.25) is 5.02 Å². The van der Waals surface area contributed by atoms with Gasteiger partial charge in [0.1, 0.15) is 0 Å². The molecule has 1 aliphatic heterocycles. The molecule has 0 radical (unpaired) electrons. The van der Waals surface area contributed by atoms with E-state index < -0.39 is 0 Å². The molecule has 2 nitrogen and oxygen atoms in total. The van der Waals surface area contributed by atoms with Gasteiger partial charge in [0.2, 0.25) is 0 Å². The smallest absolute Gasteiger partial charge is 0.0731 e. The van der Waals surface area contributed by atoms with Crippen molar-refractivity contribution in [1.29, 1.82) is 0 Å². The summed E-state index contributed by atoms with van der Waals surface area (Å²) in [7, 11) is 0. The van der Waals surface area contributed by atoms with Crippen molar-refractivity contribution in [2.24, 2.45) is 0 Å². The molecule has 0 aromatic heterocycles. The summed E-state index contributed by atoms with van der Waals surface area (Å²) in [6.45, 7) is 6.08. The van der Waals surface area contributed by atoms with Crippen molar-refractivity contribution in [3.8, 4) is 0 Å². The van der Waals surface area contributed by atoms with Crippen LogP contribution in [-0.2, 0) is 11.2 Å². The highest BCUT2D eigenvalue weighted by Crippen LogP contribution is 2.23. The fraction of sp³-hybridized carbons (Fsp3) is 0.625. The van der Waals surface area contributed by atoms with E-state index >= 15 is 0 Å². The van der Waals surface area contributed by atoms with Crippen LogP contribution in [-0.4, -0.2) is 25.3 Å². The summed E-state index contributed by atoms with van der Waals surface area (Å²) >= 11 is 6.34. The summed E-state index contributed by atoms with van der Waals surface area (Å²) in [5, 5.41) is 4.43. The molecule has 0 saturated carbocycles. The summed E-state index contributed by atoms with van der Waals surface area (Å²) in [5.41, 5.74) is 2.43. The number of benzene rings is 1. The number of ether oxygens (including phenoxy) is 1. The van der Waals surface area contributed by atoms with Gasteiger partial charge in [-0.1, -0.05) is 30.7 Å². The molecule has 1 aliphatic rings. The van der Waals surface area contributed by atoms with Crippen LogP contribution in [0.1, 0.15) is 37.3 Å². The van der Waals surface area contributed by atoms with E-state index in [4.69, 9.17) is 16.3 Å². The van der Waals surface area contributed by atoms with Crippen LogP contribution in [0.5, 0.6) is 0 Å². The lowest BCUT2D eigenvalue weighted by atomic mass is 9.95. The predicted molar refractivity (Wildman–Crippen MR) is 80.9 cm³/mol. The van der Waals surface area contributed by atoms with Crippen LogP contribution < -0.4 is 5.32 Å². The second-order valence-electron chi connectivity index (χ2n) is 5.37. The summed E-state index contributed by atoms with van der Waals surface area (Å²) in [4.78, 5) is 0. The van der Waals surface area contributed by atoms with Gasteiger partial charge in [-0.25, -0.2) is 0 Å². The summed E-state index contributed by atoms with van der Waals surface area (Å²) < 4.78 is 5.92. The summed E-state index contributed by atoms with van der Waals surface area (Å²) in [6, 6.07) is 6.68. The topological polar surface area (TPSA) is 21.3 Å². The minimum Gasteiger partial charge on any atom is -0.377 e. The number of halogens is 1. The Kier molecular flexibility index (Phi) is 5.68. The van der Waals surface area contributed by atoms with Crippen LogP contribution in [0.15, 0.2) is 18.2 Å². The first-order valence-electron chi connectivity index (χ1n) is 7.30. The van der Waals surface area contributed by atoms with Gasteiger partial charge in [-0.15, -0.1) is 0 Å². The van der Waals surface area contributed by atoms with E-state index in [2.05, 4.69) is 31.3 Å². The molecule has 1 aromatic rings. The third-order valence-corrected chi connectivity index (χ3v) is 4.13. The lowest BCUT2D eigenvalue weighted by molar-refractivity contribution is -0.00708. The number of hydrogen-bond acceptors (Lipinski definition) is 2. The van der Waals surface area contributed by atoms with Crippen LogP contribution in [0.25, 0.3) is 0 Å². The Morgan fingerprint density at radius 2 is 2.26 bits per heavy atom. The molecule has 0 amide bonds. The second-order valence-corrected chi connectivity index (χ2v) is 5.78. The van der Waals surface area contributed by atoms with Crippen LogP contribution in [0.4, 0.5) is 0 Å². The van der Waals surface area contributed by atoms with Gasteiger partial charge in [0.25, 0.3) is 0 Å². The molecule has 1 heterocycles. The molecule has 0 spiro atoms. The Hall–Kier alpha value is -0.570. The van der Waals surface area contributed by atoms with E-state index in [0.29, 0.717) is 12.1 Å². The maximum atomic E-state index is 6.34. The third-order valence-electron chi connectivity index (χ3n) is 3.78. The first kappa shape index (κ1) is 14.8. The van der Waals surface area contributed by atoms with Crippen LogP contribution in [0, 0.1) is 6.92 Å². The standard InChI is InChI=1S/C16H24ClNO/c1-3-18-15(16-6-4-5-9-19-16)11-13-8-7-12(2)10-14(13)17/h7-8,10,15-16,18H,3-6,9,11H2,1-2H3. The van der Waals surface area contributed by atoms with E-state index in [-0.39, 0.29) is 0 Å². The minimum atomic E-state index is 0.325. The number of nitrogens with one attached hydrogen (secondary N) is 1. The molecular weight excluding hydrogens is 258 g/mol. The predicted octanol–water partition coefficient (Wildman–Crippen LogP) is 3.74. The molecule has 1 fully saturated rings. The van der Waals surface area contributed by atoms with Gasteiger partial charge in [-0.3, -0.25) is 0 Å². The highest BCUT2D eigenvalue weighted by molar-refractivity contribution is 6.31. The Balaban J connectivity index is 2.06. The first-order chi connectivity index (χ1) is 9.20. The number of hydrogen-bond donors (Lipinski definition) is 1. The summed E-state index contributed by atoms with van der Waals surface area (Å²) in [5.74, 6) is 0. The monoisotopic (exact) mass is 281 g/mol. The molecule has 106 valence electrons. The molecule has 2 atom stereocenters. The zero-order chi connectivity index (χ0) is 13.7. The number of rotatable bonds is 5. The zero-order valence-corrected chi connectivity index (χ0v) is 12.7. The maximum absolute atomic E-state index is 6.34. The minimum absolute atomic E-state index is 0.325. The van der Waals surface area contributed by atoms with Crippen LogP contribution >= 0.6 is 11.6 Å². The number of likely N-dealkylation sites (N-methyl/N-ethyl adjacent to an activating group) is 1. The van der Waals surface area contributed by atoms with E-state index in [1.165, 1.54) is 24.0 Å². The van der Waals surface area contributed by atoms with E-state index in [1.807, 2.05) is 6.07 Å². The Morgan fingerprint density at radius 1 is 1.42 bits per heavy atom. The van der Waals surface area contributed by atoms with Gasteiger partial charge in [0, 0.05) is 17.7 Å². The van der Waals surface area contributed by atoms with Gasteiger partial charge in [-0.05, 0) is 56.3 Å². The van der Waals surface area contributed by atoms with E-state index in [0.717, 1.165) is 31.0 Å². The van der Waals surface area contributed by atoms with Crippen molar-refractivity contribution >= 4 is 11.6 Å². The van der Waals surface area contributed by atoms with E-state index in [9.17, 15) is 0 Å². The van der Waals surface area contributed by atoms with Gasteiger partial charge in [0.15, 0.2) is 0 Å². The van der Waals surface area contributed by atoms with Gasteiger partial charge < -0.3 is 10.1 Å². The zero-order valence-electron chi connectivity index (χ0n) is 11.9. The number of aryl methyl sites for hydroxylation is 1. The van der Waals surface area contributed by atoms with E-state index in [1.54, 1.807) is 0 Å². The SMILES string of the molecule is CCNC(Cc1ccc(C)cc1Cl)C1CCCCO1. The highest BCUT2D eigenvalue weighted by atomic mass is 35.5. The highest BCUT2D eigenvalue weighted by Gasteiger charge is 2.24. The van der Waals surface area contributed by atoms with Crippen molar-refractivity contribution in [2.75, 3.05) is 13.2 Å².